The third kappa shape index (κ3) is 1.45. The Morgan fingerprint density at radius 1 is 1.00 bits per heavy atom. The Labute approximate surface area is 67.8 Å². The average molecular weight is 154 g/mol. The molecule has 0 aliphatic heterocycles. The van der Waals surface area contributed by atoms with Gasteiger partial charge in [0, 0.05) is 0 Å². The number of hydrogen-bond acceptors (Lipinski definition) is 2. The molecule has 0 saturated heterocycles. The molecule has 0 aromatic rings. The minimum atomic E-state index is -1.06. The van der Waals surface area contributed by atoms with Gasteiger partial charge < -0.3 is 10.0 Å². The second-order valence-electron chi connectivity index (χ2n) is 4.25. The molecule has 0 bridgehead atoms. The minimum Gasteiger partial charge on any atom is -0.427 e. The molecular formula is C8H15BO2. The fourth-order valence-corrected chi connectivity index (χ4v) is 2.23. The van der Waals surface area contributed by atoms with Gasteiger partial charge in [0.05, 0.1) is 0 Å². The lowest BCUT2D eigenvalue weighted by atomic mass is 9.62. The zero-order valence-electron chi connectivity index (χ0n) is 6.79. The average Bonchev–Trinajstić information content (AvgIpc) is 2.70. The van der Waals surface area contributed by atoms with Crippen LogP contribution in [0.1, 0.15) is 38.5 Å². The first-order valence-corrected chi connectivity index (χ1v) is 4.58. The molecule has 0 aromatic carbocycles. The highest BCUT2D eigenvalue weighted by molar-refractivity contribution is 6.43. The van der Waals surface area contributed by atoms with E-state index in [1.165, 1.54) is 25.7 Å². The van der Waals surface area contributed by atoms with E-state index in [0.717, 1.165) is 12.8 Å². The van der Waals surface area contributed by atoms with E-state index in [1.807, 2.05) is 0 Å². The number of hydrogen-bond donors (Lipinski definition) is 2. The Balaban J connectivity index is 1.84. The maximum absolute atomic E-state index is 8.92. The van der Waals surface area contributed by atoms with Crippen molar-refractivity contribution in [3.05, 3.63) is 0 Å². The summed E-state index contributed by atoms with van der Waals surface area (Å²) in [6.45, 7) is 0. The van der Waals surface area contributed by atoms with Gasteiger partial charge in [-0.25, -0.2) is 0 Å². The van der Waals surface area contributed by atoms with E-state index >= 15 is 0 Å². The van der Waals surface area contributed by atoms with Crippen molar-refractivity contribution in [2.45, 2.75) is 44.3 Å². The van der Waals surface area contributed by atoms with E-state index in [9.17, 15) is 0 Å². The van der Waals surface area contributed by atoms with Gasteiger partial charge in [-0.2, -0.15) is 0 Å². The molecule has 3 heteroatoms. The Bertz CT molecular complexity index is 144. The predicted octanol–water partition coefficient (Wildman–Crippen LogP) is 1.18. The van der Waals surface area contributed by atoms with Crippen molar-refractivity contribution in [2.75, 3.05) is 0 Å². The first-order valence-electron chi connectivity index (χ1n) is 4.58. The highest BCUT2D eigenvalue weighted by Crippen LogP contribution is 2.58. The monoisotopic (exact) mass is 154 g/mol. The van der Waals surface area contributed by atoms with Crippen LogP contribution in [0.3, 0.4) is 0 Å². The highest BCUT2D eigenvalue weighted by Gasteiger charge is 2.46. The van der Waals surface area contributed by atoms with Crippen LogP contribution in [0.2, 0.25) is 5.82 Å². The minimum absolute atomic E-state index is 0.168. The summed E-state index contributed by atoms with van der Waals surface area (Å²) in [5, 5.41) is 17.8. The predicted molar refractivity (Wildman–Crippen MR) is 44.1 cm³/mol. The molecule has 1 spiro atoms. The summed E-state index contributed by atoms with van der Waals surface area (Å²) in [4.78, 5) is 0. The summed E-state index contributed by atoms with van der Waals surface area (Å²) >= 11 is 0. The lowest BCUT2D eigenvalue weighted by Crippen LogP contribution is -2.25. The van der Waals surface area contributed by atoms with Crippen LogP contribution < -0.4 is 0 Å². The molecule has 0 heterocycles. The van der Waals surface area contributed by atoms with Crippen LogP contribution in [0.5, 0.6) is 0 Å². The summed E-state index contributed by atoms with van der Waals surface area (Å²) < 4.78 is 0. The van der Waals surface area contributed by atoms with E-state index in [4.69, 9.17) is 10.0 Å². The van der Waals surface area contributed by atoms with Gasteiger partial charge in [0.15, 0.2) is 0 Å². The van der Waals surface area contributed by atoms with Crippen LogP contribution in [0, 0.1) is 5.41 Å². The molecule has 2 saturated carbocycles. The van der Waals surface area contributed by atoms with Crippen LogP contribution in [-0.2, 0) is 0 Å². The fraction of sp³-hybridized carbons (Fsp3) is 1.00. The van der Waals surface area contributed by atoms with Crippen LogP contribution >= 0.6 is 0 Å². The molecule has 2 N–H and O–H groups in total. The Morgan fingerprint density at radius 3 is 1.91 bits per heavy atom. The van der Waals surface area contributed by atoms with Gasteiger partial charge in [-0.05, 0) is 36.9 Å². The van der Waals surface area contributed by atoms with Crippen molar-refractivity contribution in [2.24, 2.45) is 5.41 Å². The molecular weight excluding hydrogens is 139 g/mol. The molecule has 2 fully saturated rings. The second kappa shape index (κ2) is 2.49. The van der Waals surface area contributed by atoms with Gasteiger partial charge in [0.2, 0.25) is 0 Å². The van der Waals surface area contributed by atoms with E-state index < -0.39 is 7.12 Å². The van der Waals surface area contributed by atoms with Gasteiger partial charge in [-0.1, -0.05) is 12.8 Å². The summed E-state index contributed by atoms with van der Waals surface area (Å²) in [6, 6.07) is 0. The Hall–Kier alpha value is -0.0151. The third-order valence-corrected chi connectivity index (χ3v) is 3.47. The lowest BCUT2D eigenvalue weighted by Gasteiger charge is -2.27. The highest BCUT2D eigenvalue weighted by atomic mass is 16.4. The molecule has 2 aliphatic carbocycles. The molecule has 0 radical (unpaired) electrons. The van der Waals surface area contributed by atoms with Crippen LogP contribution in [0.25, 0.3) is 0 Å². The maximum Gasteiger partial charge on any atom is 0.454 e. The van der Waals surface area contributed by atoms with Gasteiger partial charge in [0.1, 0.15) is 0 Å². The van der Waals surface area contributed by atoms with Gasteiger partial charge in [-0.3, -0.25) is 0 Å². The van der Waals surface area contributed by atoms with Crippen LogP contribution in [0.15, 0.2) is 0 Å². The zero-order valence-corrected chi connectivity index (χ0v) is 6.79. The van der Waals surface area contributed by atoms with Crippen molar-refractivity contribution < 1.29 is 10.0 Å². The number of rotatable bonds is 1. The van der Waals surface area contributed by atoms with Crippen molar-refractivity contribution >= 4 is 7.12 Å². The van der Waals surface area contributed by atoms with Crippen LogP contribution in [0.4, 0.5) is 0 Å². The molecule has 2 rings (SSSR count). The first-order chi connectivity index (χ1) is 5.22. The van der Waals surface area contributed by atoms with E-state index in [2.05, 4.69) is 0 Å². The molecule has 2 aliphatic rings. The van der Waals surface area contributed by atoms with E-state index in [1.54, 1.807) is 0 Å². The largest absolute Gasteiger partial charge is 0.454 e. The van der Waals surface area contributed by atoms with Gasteiger partial charge >= 0.3 is 7.12 Å². The molecule has 0 aromatic heterocycles. The summed E-state index contributed by atoms with van der Waals surface area (Å²) in [7, 11) is -1.06. The normalized spacial score (nSPS) is 28.9. The molecule has 0 amide bonds. The smallest absolute Gasteiger partial charge is 0.427 e. The maximum atomic E-state index is 8.92. The van der Waals surface area contributed by atoms with E-state index in [0.29, 0.717) is 5.41 Å². The van der Waals surface area contributed by atoms with E-state index in [-0.39, 0.29) is 5.82 Å². The summed E-state index contributed by atoms with van der Waals surface area (Å²) in [6.07, 6.45) is 7.29. The quantitative estimate of drug-likeness (QED) is 0.556. The SMILES string of the molecule is OB(O)C1CCC2(CC1)CC2. The topological polar surface area (TPSA) is 40.5 Å². The van der Waals surface area contributed by atoms with Crippen molar-refractivity contribution in [3.63, 3.8) is 0 Å². The fourth-order valence-electron chi connectivity index (χ4n) is 2.23. The first kappa shape index (κ1) is 7.62. The summed E-state index contributed by atoms with van der Waals surface area (Å²) in [5.74, 6) is 0.168. The summed E-state index contributed by atoms with van der Waals surface area (Å²) in [5.41, 5.74) is 0.672. The molecule has 11 heavy (non-hydrogen) atoms. The van der Waals surface area contributed by atoms with Crippen molar-refractivity contribution in [1.82, 2.24) is 0 Å². The van der Waals surface area contributed by atoms with Crippen LogP contribution in [-0.4, -0.2) is 17.2 Å². The second-order valence-corrected chi connectivity index (χ2v) is 4.25. The third-order valence-electron chi connectivity index (χ3n) is 3.47. The van der Waals surface area contributed by atoms with Gasteiger partial charge in [-0.15, -0.1) is 0 Å². The lowest BCUT2D eigenvalue weighted by molar-refractivity contribution is 0.292. The van der Waals surface area contributed by atoms with Gasteiger partial charge in [0.25, 0.3) is 0 Å². The molecule has 2 nitrogen and oxygen atoms in total. The molecule has 62 valence electrons. The zero-order chi connectivity index (χ0) is 7.90. The molecule has 0 unspecified atom stereocenters. The van der Waals surface area contributed by atoms with Crippen molar-refractivity contribution in [3.8, 4) is 0 Å². The Kier molecular flexibility index (Phi) is 1.73. The molecule has 0 atom stereocenters. The Morgan fingerprint density at radius 2 is 1.55 bits per heavy atom. The van der Waals surface area contributed by atoms with Crippen molar-refractivity contribution in [1.29, 1.82) is 0 Å². The standard InChI is InChI=1S/C8H15BO2/c10-9(11)7-1-3-8(4-2-7)5-6-8/h7,10-11H,1-6H2.